The maximum atomic E-state index is 9.34. The lowest BCUT2D eigenvalue weighted by Crippen LogP contribution is -1.99. The minimum atomic E-state index is 0.222. The summed E-state index contributed by atoms with van der Waals surface area (Å²) in [6.07, 6.45) is 1.70. The lowest BCUT2D eigenvalue weighted by atomic mass is 10.1. The Morgan fingerprint density at radius 1 is 1.24 bits per heavy atom. The minimum Gasteiger partial charge on any atom is -0.383 e. The number of rotatable bonds is 2. The van der Waals surface area contributed by atoms with E-state index in [-0.39, 0.29) is 5.82 Å². The molecule has 0 aliphatic rings. The molecular weight excluding hydrogens is 348 g/mol. The van der Waals surface area contributed by atoms with Gasteiger partial charge in [-0.05, 0) is 40.2 Å². The molecule has 3 rings (SSSR count). The van der Waals surface area contributed by atoms with Gasteiger partial charge in [0.2, 0.25) is 0 Å². The van der Waals surface area contributed by atoms with E-state index in [0.717, 1.165) is 20.6 Å². The molecule has 3 heterocycles. The standard InChI is InChI=1S/C15H9BrN4S/c16-9-5-14(21-8-9)10-6-13(12-3-1-2-4-19-12)20-15(18)11(10)7-17/h1-6,8H,(H2,18,20). The molecule has 0 fully saturated rings. The van der Waals surface area contributed by atoms with Crippen molar-refractivity contribution < 1.29 is 0 Å². The number of hydrogen-bond donors (Lipinski definition) is 1. The van der Waals surface area contributed by atoms with E-state index in [2.05, 4.69) is 32.0 Å². The van der Waals surface area contributed by atoms with Gasteiger partial charge in [0.1, 0.15) is 17.5 Å². The molecule has 21 heavy (non-hydrogen) atoms. The van der Waals surface area contributed by atoms with Crippen LogP contribution in [0, 0.1) is 11.3 Å². The second kappa shape index (κ2) is 5.64. The zero-order chi connectivity index (χ0) is 14.8. The molecular formula is C15H9BrN4S. The minimum absolute atomic E-state index is 0.222. The largest absolute Gasteiger partial charge is 0.383 e. The summed E-state index contributed by atoms with van der Waals surface area (Å²) in [5.41, 5.74) is 8.50. The molecule has 3 aromatic heterocycles. The number of thiophene rings is 1. The highest BCUT2D eigenvalue weighted by atomic mass is 79.9. The number of nitrogen functional groups attached to an aromatic ring is 1. The van der Waals surface area contributed by atoms with Crippen LogP contribution in [-0.4, -0.2) is 9.97 Å². The van der Waals surface area contributed by atoms with Crippen molar-refractivity contribution in [2.24, 2.45) is 0 Å². The van der Waals surface area contributed by atoms with Gasteiger partial charge in [0.05, 0.1) is 11.4 Å². The van der Waals surface area contributed by atoms with Crippen LogP contribution in [-0.2, 0) is 0 Å². The Hall–Kier alpha value is -2.23. The molecule has 2 N–H and O–H groups in total. The number of halogens is 1. The Labute approximate surface area is 134 Å². The number of aromatic nitrogens is 2. The molecule has 0 spiro atoms. The molecule has 0 saturated carbocycles. The van der Waals surface area contributed by atoms with Crippen molar-refractivity contribution in [1.29, 1.82) is 5.26 Å². The fourth-order valence-electron chi connectivity index (χ4n) is 1.98. The van der Waals surface area contributed by atoms with Gasteiger partial charge in [-0.1, -0.05) is 6.07 Å². The molecule has 0 atom stereocenters. The third kappa shape index (κ3) is 2.66. The fourth-order valence-corrected chi connectivity index (χ4v) is 3.43. The van der Waals surface area contributed by atoms with Gasteiger partial charge in [0.25, 0.3) is 0 Å². The number of nitriles is 1. The van der Waals surface area contributed by atoms with E-state index in [0.29, 0.717) is 11.3 Å². The van der Waals surface area contributed by atoms with Crippen molar-refractivity contribution in [2.75, 3.05) is 5.73 Å². The lowest BCUT2D eigenvalue weighted by molar-refractivity contribution is 1.25. The smallest absolute Gasteiger partial charge is 0.142 e. The number of hydrogen-bond acceptors (Lipinski definition) is 5. The maximum Gasteiger partial charge on any atom is 0.142 e. The summed E-state index contributed by atoms with van der Waals surface area (Å²) >= 11 is 4.97. The summed E-state index contributed by atoms with van der Waals surface area (Å²) in [5, 5.41) is 11.3. The molecule has 0 amide bonds. The van der Waals surface area contributed by atoms with E-state index in [1.807, 2.05) is 35.7 Å². The van der Waals surface area contributed by atoms with Crippen molar-refractivity contribution in [3.63, 3.8) is 0 Å². The van der Waals surface area contributed by atoms with Crippen LogP contribution in [0.3, 0.4) is 0 Å². The normalized spacial score (nSPS) is 10.3. The molecule has 0 radical (unpaired) electrons. The van der Waals surface area contributed by atoms with Gasteiger partial charge >= 0.3 is 0 Å². The van der Waals surface area contributed by atoms with Crippen LogP contribution in [0.25, 0.3) is 21.8 Å². The summed E-state index contributed by atoms with van der Waals surface area (Å²) in [7, 11) is 0. The summed E-state index contributed by atoms with van der Waals surface area (Å²) in [6, 6.07) is 11.5. The molecule has 0 bridgehead atoms. The van der Waals surface area contributed by atoms with E-state index in [1.165, 1.54) is 0 Å². The Morgan fingerprint density at radius 2 is 2.10 bits per heavy atom. The summed E-state index contributed by atoms with van der Waals surface area (Å²) in [4.78, 5) is 9.53. The summed E-state index contributed by atoms with van der Waals surface area (Å²) in [6.45, 7) is 0. The van der Waals surface area contributed by atoms with Crippen LogP contribution in [0.2, 0.25) is 0 Å². The predicted octanol–water partition coefficient (Wildman–Crippen LogP) is 4.09. The second-order valence-corrected chi connectivity index (χ2v) is 6.10. The van der Waals surface area contributed by atoms with Gasteiger partial charge in [0.15, 0.2) is 0 Å². The summed E-state index contributed by atoms with van der Waals surface area (Å²) in [5.74, 6) is 0.222. The number of anilines is 1. The molecule has 0 aromatic carbocycles. The molecule has 6 heteroatoms. The van der Waals surface area contributed by atoms with Crippen LogP contribution >= 0.6 is 27.3 Å². The van der Waals surface area contributed by atoms with Gasteiger partial charge in [-0.3, -0.25) is 4.98 Å². The predicted molar refractivity (Wildman–Crippen MR) is 87.6 cm³/mol. The van der Waals surface area contributed by atoms with Crippen molar-refractivity contribution >= 4 is 33.1 Å². The molecule has 4 nitrogen and oxygen atoms in total. The Bertz CT molecular complexity index is 837. The third-order valence-electron chi connectivity index (χ3n) is 2.92. The highest BCUT2D eigenvalue weighted by Crippen LogP contribution is 2.35. The van der Waals surface area contributed by atoms with Gasteiger partial charge in [-0.15, -0.1) is 11.3 Å². The van der Waals surface area contributed by atoms with Crippen LogP contribution < -0.4 is 5.73 Å². The van der Waals surface area contributed by atoms with Crippen LogP contribution in [0.1, 0.15) is 5.56 Å². The summed E-state index contributed by atoms with van der Waals surface area (Å²) < 4.78 is 0.973. The molecule has 0 saturated heterocycles. The fraction of sp³-hybridized carbons (Fsp3) is 0. The zero-order valence-electron chi connectivity index (χ0n) is 10.7. The van der Waals surface area contributed by atoms with E-state index in [1.54, 1.807) is 17.5 Å². The van der Waals surface area contributed by atoms with Gasteiger partial charge in [-0.2, -0.15) is 5.26 Å². The van der Waals surface area contributed by atoms with Crippen LogP contribution in [0.5, 0.6) is 0 Å². The van der Waals surface area contributed by atoms with Crippen molar-refractivity contribution in [2.45, 2.75) is 0 Å². The van der Waals surface area contributed by atoms with Crippen molar-refractivity contribution in [1.82, 2.24) is 9.97 Å². The molecule has 102 valence electrons. The van der Waals surface area contributed by atoms with E-state index >= 15 is 0 Å². The first-order chi connectivity index (χ1) is 10.2. The Kier molecular flexibility index (Phi) is 3.69. The van der Waals surface area contributed by atoms with Gasteiger partial charge in [-0.25, -0.2) is 4.98 Å². The average Bonchev–Trinajstić information content (AvgIpc) is 2.94. The topological polar surface area (TPSA) is 75.6 Å². The Morgan fingerprint density at radius 3 is 2.71 bits per heavy atom. The SMILES string of the molecule is N#Cc1c(-c2cc(Br)cs2)cc(-c2ccccn2)nc1N. The highest BCUT2D eigenvalue weighted by Gasteiger charge is 2.15. The van der Waals surface area contributed by atoms with E-state index in [4.69, 9.17) is 5.73 Å². The van der Waals surface area contributed by atoms with E-state index < -0.39 is 0 Å². The maximum absolute atomic E-state index is 9.34. The second-order valence-electron chi connectivity index (χ2n) is 4.27. The van der Waals surface area contributed by atoms with Crippen LogP contribution in [0.15, 0.2) is 46.4 Å². The first kappa shape index (κ1) is 13.7. The Balaban J connectivity index is 2.23. The van der Waals surface area contributed by atoms with Gasteiger partial charge < -0.3 is 5.73 Å². The lowest BCUT2D eigenvalue weighted by Gasteiger charge is -2.08. The first-order valence-corrected chi connectivity index (χ1v) is 7.72. The molecule has 0 aliphatic carbocycles. The van der Waals surface area contributed by atoms with Crippen molar-refractivity contribution in [3.05, 3.63) is 51.9 Å². The molecule has 0 unspecified atom stereocenters. The quantitative estimate of drug-likeness (QED) is 0.750. The number of nitrogens with two attached hydrogens (primary N) is 1. The third-order valence-corrected chi connectivity index (χ3v) is 4.64. The average molecular weight is 357 g/mol. The molecule has 0 aliphatic heterocycles. The van der Waals surface area contributed by atoms with Crippen LogP contribution in [0.4, 0.5) is 5.82 Å². The number of nitrogens with zero attached hydrogens (tertiary/aromatic N) is 3. The zero-order valence-corrected chi connectivity index (χ0v) is 13.1. The van der Waals surface area contributed by atoms with Crippen molar-refractivity contribution in [3.8, 4) is 27.9 Å². The van der Waals surface area contributed by atoms with Gasteiger partial charge in [0, 0.05) is 26.5 Å². The highest BCUT2D eigenvalue weighted by molar-refractivity contribution is 9.10. The first-order valence-electron chi connectivity index (χ1n) is 6.05. The monoisotopic (exact) mass is 356 g/mol. The number of pyridine rings is 2. The molecule has 3 aromatic rings. The van der Waals surface area contributed by atoms with E-state index in [9.17, 15) is 5.26 Å².